The zero-order valence-corrected chi connectivity index (χ0v) is 15.3. The second-order valence-electron chi connectivity index (χ2n) is 5.95. The fraction of sp³-hybridized carbons (Fsp3) is 0.167. The standard InChI is InChI=1S/C18H16N6OS/c1-10-9-13(14-11(2)23-24(3)15(14)19-10)16(25)20-18-22-21-17(26-18)12-7-5-4-6-8-12/h4-9H,1-3H3,(H,20,22,25). The number of fused-ring (bicyclic) bond motifs is 1. The Bertz CT molecular complexity index is 1120. The van der Waals surface area contributed by atoms with E-state index in [4.69, 9.17) is 0 Å². The molecule has 0 aliphatic rings. The lowest BCUT2D eigenvalue weighted by Gasteiger charge is -2.05. The van der Waals surface area contributed by atoms with Gasteiger partial charge in [-0.05, 0) is 19.9 Å². The number of hydrogen-bond acceptors (Lipinski definition) is 6. The predicted molar refractivity (Wildman–Crippen MR) is 101 cm³/mol. The number of anilines is 1. The molecular weight excluding hydrogens is 348 g/mol. The van der Waals surface area contributed by atoms with Gasteiger partial charge in [0.25, 0.3) is 5.91 Å². The Kier molecular flexibility index (Phi) is 3.96. The molecule has 0 aliphatic heterocycles. The number of hydrogen-bond donors (Lipinski definition) is 1. The van der Waals surface area contributed by atoms with Crippen LogP contribution in [0.2, 0.25) is 0 Å². The lowest BCUT2D eigenvalue weighted by molar-refractivity contribution is 0.102. The minimum atomic E-state index is -0.243. The van der Waals surface area contributed by atoms with Crippen molar-refractivity contribution in [3.8, 4) is 10.6 Å². The smallest absolute Gasteiger partial charge is 0.258 e. The van der Waals surface area contributed by atoms with Crippen molar-refractivity contribution in [3.63, 3.8) is 0 Å². The first-order valence-electron chi connectivity index (χ1n) is 8.04. The maximum absolute atomic E-state index is 12.9. The van der Waals surface area contributed by atoms with Gasteiger partial charge in [0.05, 0.1) is 16.6 Å². The van der Waals surface area contributed by atoms with Gasteiger partial charge >= 0.3 is 0 Å². The van der Waals surface area contributed by atoms with Crippen LogP contribution in [0.1, 0.15) is 21.7 Å². The number of nitrogens with zero attached hydrogens (tertiary/aromatic N) is 5. The number of amides is 1. The molecule has 0 unspecified atom stereocenters. The van der Waals surface area contributed by atoms with Crippen molar-refractivity contribution < 1.29 is 4.79 Å². The Labute approximate surface area is 153 Å². The van der Waals surface area contributed by atoms with Gasteiger partial charge < -0.3 is 0 Å². The molecule has 1 N–H and O–H groups in total. The third kappa shape index (κ3) is 2.84. The first-order valence-corrected chi connectivity index (χ1v) is 8.86. The summed E-state index contributed by atoms with van der Waals surface area (Å²) in [5.74, 6) is -0.243. The average Bonchev–Trinajstić information content (AvgIpc) is 3.20. The normalized spacial score (nSPS) is 11.0. The molecule has 1 amide bonds. The molecule has 0 atom stereocenters. The van der Waals surface area contributed by atoms with Crippen molar-refractivity contribution in [2.75, 3.05) is 5.32 Å². The van der Waals surface area contributed by atoms with Crippen LogP contribution in [0.25, 0.3) is 21.6 Å². The van der Waals surface area contributed by atoms with Gasteiger partial charge in [0.15, 0.2) is 5.65 Å². The van der Waals surface area contributed by atoms with Crippen LogP contribution in [0.15, 0.2) is 36.4 Å². The highest BCUT2D eigenvalue weighted by atomic mass is 32.1. The molecule has 0 bridgehead atoms. The molecular formula is C18H16N6OS. The Morgan fingerprint density at radius 2 is 1.92 bits per heavy atom. The Balaban J connectivity index is 1.68. The Hall–Kier alpha value is -3.13. The molecule has 0 radical (unpaired) electrons. The van der Waals surface area contributed by atoms with Gasteiger partial charge in [-0.25, -0.2) is 4.98 Å². The summed E-state index contributed by atoms with van der Waals surface area (Å²) < 4.78 is 1.69. The zero-order valence-electron chi connectivity index (χ0n) is 14.5. The number of aryl methyl sites for hydroxylation is 3. The molecule has 7 nitrogen and oxygen atoms in total. The second kappa shape index (κ2) is 6.30. The van der Waals surface area contributed by atoms with Crippen LogP contribution in [0.5, 0.6) is 0 Å². The summed E-state index contributed by atoms with van der Waals surface area (Å²) in [6.07, 6.45) is 0. The third-order valence-electron chi connectivity index (χ3n) is 4.01. The van der Waals surface area contributed by atoms with E-state index >= 15 is 0 Å². The van der Waals surface area contributed by atoms with Gasteiger partial charge in [-0.3, -0.25) is 14.8 Å². The highest BCUT2D eigenvalue weighted by Crippen LogP contribution is 2.27. The van der Waals surface area contributed by atoms with Crippen molar-refractivity contribution in [2.24, 2.45) is 7.05 Å². The van der Waals surface area contributed by atoms with Crippen molar-refractivity contribution in [1.82, 2.24) is 25.0 Å². The monoisotopic (exact) mass is 364 g/mol. The Morgan fingerprint density at radius 1 is 1.15 bits per heavy atom. The van der Waals surface area contributed by atoms with Gasteiger partial charge in [-0.2, -0.15) is 5.10 Å². The number of carbonyl (C=O) groups is 1. The van der Waals surface area contributed by atoms with E-state index in [1.165, 1.54) is 11.3 Å². The summed E-state index contributed by atoms with van der Waals surface area (Å²) in [5, 5.41) is 17.4. The van der Waals surface area contributed by atoms with Crippen LogP contribution in [-0.4, -0.2) is 30.9 Å². The molecule has 1 aromatic carbocycles. The maximum atomic E-state index is 12.9. The number of rotatable bonds is 3. The second-order valence-corrected chi connectivity index (χ2v) is 6.93. The lowest BCUT2D eigenvalue weighted by Crippen LogP contribution is -2.13. The van der Waals surface area contributed by atoms with Crippen LogP contribution in [0, 0.1) is 13.8 Å². The molecule has 0 saturated carbocycles. The van der Waals surface area contributed by atoms with E-state index in [0.29, 0.717) is 16.3 Å². The lowest BCUT2D eigenvalue weighted by atomic mass is 10.1. The van der Waals surface area contributed by atoms with Crippen LogP contribution < -0.4 is 5.32 Å². The molecule has 3 aromatic heterocycles. The predicted octanol–water partition coefficient (Wildman–Crippen LogP) is 3.36. The quantitative estimate of drug-likeness (QED) is 0.602. The average molecular weight is 364 g/mol. The Morgan fingerprint density at radius 3 is 2.69 bits per heavy atom. The molecule has 0 fully saturated rings. The number of pyridine rings is 1. The van der Waals surface area contributed by atoms with E-state index in [1.54, 1.807) is 10.7 Å². The summed E-state index contributed by atoms with van der Waals surface area (Å²) in [5.41, 5.74) is 3.72. The molecule has 4 aromatic rings. The highest BCUT2D eigenvalue weighted by Gasteiger charge is 2.19. The van der Waals surface area contributed by atoms with Crippen LogP contribution in [0.3, 0.4) is 0 Å². The molecule has 0 spiro atoms. The molecule has 26 heavy (non-hydrogen) atoms. The van der Waals surface area contributed by atoms with Gasteiger partial charge in [0, 0.05) is 18.3 Å². The van der Waals surface area contributed by atoms with E-state index < -0.39 is 0 Å². The van der Waals surface area contributed by atoms with Crippen molar-refractivity contribution in [3.05, 3.63) is 53.3 Å². The SMILES string of the molecule is Cc1cc(C(=O)Nc2nnc(-c3ccccc3)s2)c2c(C)nn(C)c2n1. The van der Waals surface area contributed by atoms with E-state index in [0.717, 1.165) is 27.3 Å². The van der Waals surface area contributed by atoms with Gasteiger partial charge in [0.1, 0.15) is 5.01 Å². The zero-order chi connectivity index (χ0) is 18.3. The molecule has 3 heterocycles. The molecule has 0 aliphatic carbocycles. The van der Waals surface area contributed by atoms with Crippen LogP contribution >= 0.6 is 11.3 Å². The summed E-state index contributed by atoms with van der Waals surface area (Å²) in [6.45, 7) is 3.73. The fourth-order valence-electron chi connectivity index (χ4n) is 2.88. The van der Waals surface area contributed by atoms with Gasteiger partial charge in [0.2, 0.25) is 5.13 Å². The number of aromatic nitrogens is 5. The number of nitrogens with one attached hydrogen (secondary N) is 1. The number of carbonyl (C=O) groups excluding carboxylic acids is 1. The summed E-state index contributed by atoms with van der Waals surface area (Å²) >= 11 is 1.34. The van der Waals surface area contributed by atoms with Crippen LogP contribution in [-0.2, 0) is 7.05 Å². The first-order chi connectivity index (χ1) is 12.5. The van der Waals surface area contributed by atoms with Gasteiger partial charge in [-0.15, -0.1) is 10.2 Å². The fourth-order valence-corrected chi connectivity index (χ4v) is 3.63. The third-order valence-corrected chi connectivity index (χ3v) is 4.90. The van der Waals surface area contributed by atoms with Crippen LogP contribution in [0.4, 0.5) is 5.13 Å². The van der Waals surface area contributed by atoms with Crippen molar-refractivity contribution >= 4 is 33.4 Å². The van der Waals surface area contributed by atoms with Crippen molar-refractivity contribution in [2.45, 2.75) is 13.8 Å². The topological polar surface area (TPSA) is 85.6 Å². The van der Waals surface area contributed by atoms with Crippen molar-refractivity contribution in [1.29, 1.82) is 0 Å². The van der Waals surface area contributed by atoms with E-state index in [1.807, 2.05) is 51.2 Å². The summed E-state index contributed by atoms with van der Waals surface area (Å²) in [4.78, 5) is 17.3. The molecule has 4 rings (SSSR count). The van der Waals surface area contributed by atoms with Gasteiger partial charge in [-0.1, -0.05) is 41.7 Å². The largest absolute Gasteiger partial charge is 0.296 e. The van der Waals surface area contributed by atoms with E-state index in [9.17, 15) is 4.79 Å². The van der Waals surface area contributed by atoms with E-state index in [2.05, 4.69) is 25.6 Å². The minimum absolute atomic E-state index is 0.243. The molecule has 130 valence electrons. The maximum Gasteiger partial charge on any atom is 0.258 e. The molecule has 0 saturated heterocycles. The summed E-state index contributed by atoms with van der Waals surface area (Å²) in [7, 11) is 1.82. The molecule has 8 heteroatoms. The summed E-state index contributed by atoms with van der Waals surface area (Å²) in [6, 6.07) is 11.5. The highest BCUT2D eigenvalue weighted by molar-refractivity contribution is 7.18. The van der Waals surface area contributed by atoms with E-state index in [-0.39, 0.29) is 5.91 Å². The minimum Gasteiger partial charge on any atom is -0.296 e. The number of benzene rings is 1. The first kappa shape index (κ1) is 16.3.